The van der Waals surface area contributed by atoms with Crippen LogP contribution in [0.25, 0.3) is 108 Å². The van der Waals surface area contributed by atoms with Gasteiger partial charge in [-0.3, -0.25) is 0 Å². The van der Waals surface area contributed by atoms with Gasteiger partial charge < -0.3 is 4.42 Å². The van der Waals surface area contributed by atoms with Gasteiger partial charge in [-0.2, -0.15) is 0 Å². The maximum atomic E-state index is 6.30. The van der Waals surface area contributed by atoms with Gasteiger partial charge in [-0.25, -0.2) is 0 Å². The third-order valence-electron chi connectivity index (χ3n) is 11.7. The molecular formula is C52H32OS. The van der Waals surface area contributed by atoms with Crippen molar-refractivity contribution in [3.05, 3.63) is 180 Å². The van der Waals surface area contributed by atoms with Gasteiger partial charge in [0.05, 0.1) is 0 Å². The lowest BCUT2D eigenvalue weighted by Crippen LogP contribution is -2.00. The lowest BCUT2D eigenvalue weighted by atomic mass is 9.83. The molecule has 0 N–H and O–H groups in total. The van der Waals surface area contributed by atoms with Crippen molar-refractivity contribution in [1.29, 1.82) is 0 Å². The minimum Gasteiger partial charge on any atom is -0.456 e. The number of rotatable bonds is 3. The topological polar surface area (TPSA) is 13.1 Å². The molecule has 1 aliphatic carbocycles. The third kappa shape index (κ3) is 4.38. The molecule has 54 heavy (non-hydrogen) atoms. The molecule has 0 bridgehead atoms. The predicted molar refractivity (Wildman–Crippen MR) is 233 cm³/mol. The van der Waals surface area contributed by atoms with Gasteiger partial charge >= 0.3 is 0 Å². The number of hydrogen-bond donors (Lipinski definition) is 0. The molecule has 0 unspecified atom stereocenters. The first-order valence-corrected chi connectivity index (χ1v) is 19.6. The summed E-state index contributed by atoms with van der Waals surface area (Å²) in [5.74, 6) is 0. The zero-order chi connectivity index (χ0) is 35.3. The number of furan rings is 1. The first kappa shape index (κ1) is 30.0. The van der Waals surface area contributed by atoms with Crippen molar-refractivity contribution >= 4 is 97.4 Å². The first-order chi connectivity index (χ1) is 26.8. The molecule has 0 saturated heterocycles. The van der Waals surface area contributed by atoms with Gasteiger partial charge in [-0.15, -0.1) is 11.3 Å². The molecule has 1 nitrogen and oxygen atoms in total. The molecular weight excluding hydrogens is 673 g/mol. The minimum absolute atomic E-state index is 0.944. The van der Waals surface area contributed by atoms with Crippen LogP contribution in [0.15, 0.2) is 168 Å². The van der Waals surface area contributed by atoms with Crippen molar-refractivity contribution in [2.45, 2.75) is 12.8 Å². The molecule has 0 spiro atoms. The molecule has 9 aromatic carbocycles. The Balaban J connectivity index is 0.978. The lowest BCUT2D eigenvalue weighted by molar-refractivity contribution is 0.669. The average Bonchev–Trinajstić information content (AvgIpc) is 3.81. The highest BCUT2D eigenvalue weighted by Crippen LogP contribution is 2.47. The second-order valence-corrected chi connectivity index (χ2v) is 15.7. The smallest absolute Gasteiger partial charge is 0.136 e. The van der Waals surface area contributed by atoms with Gasteiger partial charge in [0.2, 0.25) is 0 Å². The Labute approximate surface area is 316 Å². The molecule has 1 aliphatic rings. The number of hydrogen-bond acceptors (Lipinski definition) is 2. The van der Waals surface area contributed by atoms with E-state index < -0.39 is 0 Å². The van der Waals surface area contributed by atoms with E-state index in [0.29, 0.717) is 0 Å². The largest absolute Gasteiger partial charge is 0.456 e. The maximum absolute atomic E-state index is 6.30. The number of aryl methyl sites for hydroxylation is 1. The predicted octanol–water partition coefficient (Wildman–Crippen LogP) is 15.2. The van der Waals surface area contributed by atoms with Crippen molar-refractivity contribution < 1.29 is 4.42 Å². The molecule has 0 aliphatic heterocycles. The van der Waals surface area contributed by atoms with Gasteiger partial charge in [0.25, 0.3) is 0 Å². The number of fused-ring (bicyclic) bond motifs is 12. The molecule has 12 rings (SSSR count). The van der Waals surface area contributed by atoms with E-state index in [1.807, 2.05) is 11.3 Å². The Morgan fingerprint density at radius 2 is 1.09 bits per heavy atom. The summed E-state index contributed by atoms with van der Waals surface area (Å²) in [6.45, 7) is 0. The second kappa shape index (κ2) is 11.5. The van der Waals surface area contributed by atoms with Crippen LogP contribution in [0.2, 0.25) is 0 Å². The van der Waals surface area contributed by atoms with E-state index in [1.54, 1.807) is 0 Å². The number of thiophene rings is 1. The normalized spacial score (nSPS) is 13.1. The zero-order valence-electron chi connectivity index (χ0n) is 29.4. The van der Waals surface area contributed by atoms with Crippen LogP contribution in [-0.4, -0.2) is 0 Å². The summed E-state index contributed by atoms with van der Waals surface area (Å²) in [6, 6.07) is 60.3. The van der Waals surface area contributed by atoms with Crippen LogP contribution in [0.3, 0.4) is 0 Å². The van der Waals surface area contributed by atoms with E-state index in [9.17, 15) is 0 Å². The summed E-state index contributed by atoms with van der Waals surface area (Å²) < 4.78 is 8.96. The fourth-order valence-corrected chi connectivity index (χ4v) is 10.5. The fourth-order valence-electron chi connectivity index (χ4n) is 9.29. The van der Waals surface area contributed by atoms with Crippen molar-refractivity contribution in [3.63, 3.8) is 0 Å². The number of benzene rings is 9. The molecule has 0 radical (unpaired) electrons. The lowest BCUT2D eigenvalue weighted by Gasteiger charge is -2.21. The van der Waals surface area contributed by atoms with Crippen LogP contribution < -0.4 is 0 Å². The van der Waals surface area contributed by atoms with E-state index in [2.05, 4.69) is 170 Å². The van der Waals surface area contributed by atoms with Gasteiger partial charge in [0.15, 0.2) is 0 Å². The van der Waals surface area contributed by atoms with Crippen LogP contribution in [0.4, 0.5) is 0 Å². The Kier molecular flexibility index (Phi) is 6.40. The monoisotopic (exact) mass is 704 g/mol. The molecule has 252 valence electrons. The molecule has 0 amide bonds. The first-order valence-electron chi connectivity index (χ1n) is 18.8. The van der Waals surface area contributed by atoms with Crippen LogP contribution >= 0.6 is 11.3 Å². The van der Waals surface area contributed by atoms with Crippen LogP contribution in [-0.2, 0) is 6.42 Å². The number of allylic oxidation sites excluding steroid dienone is 1. The van der Waals surface area contributed by atoms with E-state index >= 15 is 0 Å². The van der Waals surface area contributed by atoms with Crippen LogP contribution in [0.5, 0.6) is 0 Å². The molecule has 0 fully saturated rings. The van der Waals surface area contributed by atoms with Gasteiger partial charge in [-0.1, -0.05) is 146 Å². The van der Waals surface area contributed by atoms with Crippen molar-refractivity contribution in [1.82, 2.24) is 0 Å². The summed E-state index contributed by atoms with van der Waals surface area (Å²) in [4.78, 5) is 0. The molecule has 2 heterocycles. The zero-order valence-corrected chi connectivity index (χ0v) is 30.2. The highest BCUT2D eigenvalue weighted by atomic mass is 32.1. The average molecular weight is 705 g/mol. The Hall–Kier alpha value is -6.48. The standard InChI is InChI=1S/C52H32OS/c1-2-10-31(11-3-1)48-38-12-4-6-14-40(38)49(41-15-7-5-13-39(41)48)37-21-20-33-28-34(18-19-35(33)29-37)36-24-27-47-44(30-36)42-25-22-32-23-26-46-51(50(32)52(42)54-47)43-16-8-9-17-45(43)53-46/h1-17,20-30H,18-19H2. The Morgan fingerprint density at radius 1 is 0.426 bits per heavy atom. The van der Waals surface area contributed by atoms with E-state index in [0.717, 1.165) is 24.0 Å². The summed E-state index contributed by atoms with van der Waals surface area (Å²) >= 11 is 1.90. The summed E-state index contributed by atoms with van der Waals surface area (Å²) in [5.41, 5.74) is 12.5. The Morgan fingerprint density at radius 3 is 1.87 bits per heavy atom. The van der Waals surface area contributed by atoms with Gasteiger partial charge in [0, 0.05) is 36.3 Å². The van der Waals surface area contributed by atoms with E-state index in [1.165, 1.54) is 108 Å². The molecule has 11 aromatic rings. The quantitative estimate of drug-likeness (QED) is 0.167. The van der Waals surface area contributed by atoms with E-state index in [4.69, 9.17) is 4.42 Å². The number of para-hydroxylation sites is 1. The highest BCUT2D eigenvalue weighted by Gasteiger charge is 2.20. The van der Waals surface area contributed by atoms with Crippen molar-refractivity contribution in [3.8, 4) is 22.3 Å². The SMILES string of the molecule is C1=C(c2ccc3sc4c(ccc5ccc6oc7ccccc7c6c54)c3c2)CCc2cc(-c3c4ccccc4c(-c4ccccc4)c4ccccc34)ccc21. The third-order valence-corrected chi connectivity index (χ3v) is 13.0. The van der Waals surface area contributed by atoms with E-state index in [-0.39, 0.29) is 0 Å². The summed E-state index contributed by atoms with van der Waals surface area (Å²) in [7, 11) is 0. The van der Waals surface area contributed by atoms with Gasteiger partial charge in [0.1, 0.15) is 11.2 Å². The molecule has 2 aromatic heterocycles. The molecule has 0 saturated carbocycles. The van der Waals surface area contributed by atoms with Crippen molar-refractivity contribution in [2.24, 2.45) is 0 Å². The minimum atomic E-state index is 0.944. The van der Waals surface area contributed by atoms with Crippen LogP contribution in [0.1, 0.15) is 23.1 Å². The second-order valence-electron chi connectivity index (χ2n) is 14.7. The Bertz CT molecular complexity index is 3320. The summed E-state index contributed by atoms with van der Waals surface area (Å²) in [5, 5.41) is 12.8. The fraction of sp³-hybridized carbons (Fsp3) is 0.0385. The summed E-state index contributed by atoms with van der Waals surface area (Å²) in [6.07, 6.45) is 4.47. The van der Waals surface area contributed by atoms with Crippen molar-refractivity contribution in [2.75, 3.05) is 0 Å². The van der Waals surface area contributed by atoms with Gasteiger partial charge in [-0.05, 0) is 109 Å². The highest BCUT2D eigenvalue weighted by molar-refractivity contribution is 7.26. The molecule has 0 atom stereocenters. The maximum Gasteiger partial charge on any atom is 0.136 e. The molecule has 2 heteroatoms. The van der Waals surface area contributed by atoms with Crippen LogP contribution in [0, 0.1) is 0 Å².